The molecule has 0 radical (unpaired) electrons. The number of halogens is 1. The Labute approximate surface area is 128 Å². The van der Waals surface area contributed by atoms with Gasteiger partial charge in [0.25, 0.3) is 5.91 Å². The highest BCUT2D eigenvalue weighted by Gasteiger charge is 2.17. The van der Waals surface area contributed by atoms with Crippen LogP contribution in [0.5, 0.6) is 0 Å². The lowest BCUT2D eigenvalue weighted by Crippen LogP contribution is -2.23. The minimum Gasteiger partial charge on any atom is -0.348 e. The molecule has 1 aliphatic carbocycles. The van der Waals surface area contributed by atoms with Crippen molar-refractivity contribution in [2.75, 3.05) is 6.54 Å². The molecule has 4 nitrogen and oxygen atoms in total. The van der Waals surface area contributed by atoms with E-state index in [0.717, 1.165) is 11.5 Å². The number of allylic oxidation sites excluding steroid dienone is 1. The van der Waals surface area contributed by atoms with Crippen LogP contribution in [0.4, 0.5) is 0 Å². The van der Waals surface area contributed by atoms with Crippen molar-refractivity contribution in [1.82, 2.24) is 15.5 Å². The van der Waals surface area contributed by atoms with Crippen molar-refractivity contribution in [3.8, 4) is 11.3 Å². The molecule has 0 unspecified atom stereocenters. The average Bonchev–Trinajstić information content (AvgIpc) is 3.17. The zero-order chi connectivity index (χ0) is 14.7. The molecular formula is C16H16ClN3O. The standard InChI is InChI=1S/C16H16ClN3O/c17-13-5-1-4-12(9-13)15-14(10-19-20-15)16(21)18-8-2-3-11-6-7-11/h1-5,9-11H,6-8H2,(H,18,21)(H,19,20)/b3-2+. The Morgan fingerprint density at radius 2 is 2.33 bits per heavy atom. The van der Waals surface area contributed by atoms with Crippen molar-refractivity contribution in [2.24, 2.45) is 5.92 Å². The van der Waals surface area contributed by atoms with Crippen LogP contribution < -0.4 is 5.32 Å². The van der Waals surface area contributed by atoms with Gasteiger partial charge in [-0.25, -0.2) is 0 Å². The van der Waals surface area contributed by atoms with Gasteiger partial charge in [0.05, 0.1) is 17.5 Å². The van der Waals surface area contributed by atoms with Crippen LogP contribution >= 0.6 is 11.6 Å². The number of rotatable bonds is 5. The summed E-state index contributed by atoms with van der Waals surface area (Å²) in [5.41, 5.74) is 2.05. The van der Waals surface area contributed by atoms with Crippen LogP contribution in [-0.2, 0) is 0 Å². The molecule has 108 valence electrons. The molecule has 0 bridgehead atoms. The molecule has 5 heteroatoms. The normalized spacial score (nSPS) is 14.5. The zero-order valence-corrected chi connectivity index (χ0v) is 12.2. The molecule has 0 atom stereocenters. The van der Waals surface area contributed by atoms with Crippen molar-refractivity contribution in [2.45, 2.75) is 12.8 Å². The van der Waals surface area contributed by atoms with Gasteiger partial charge in [-0.2, -0.15) is 5.10 Å². The van der Waals surface area contributed by atoms with Crippen molar-refractivity contribution < 1.29 is 4.79 Å². The van der Waals surface area contributed by atoms with Crippen molar-refractivity contribution in [3.63, 3.8) is 0 Å². The van der Waals surface area contributed by atoms with E-state index in [1.807, 2.05) is 18.2 Å². The molecular weight excluding hydrogens is 286 g/mol. The smallest absolute Gasteiger partial charge is 0.255 e. The highest BCUT2D eigenvalue weighted by atomic mass is 35.5. The molecule has 2 aromatic rings. The summed E-state index contributed by atoms with van der Waals surface area (Å²) in [4.78, 5) is 12.2. The predicted octanol–water partition coefficient (Wildman–Crippen LogP) is 3.43. The SMILES string of the molecule is O=C(NC/C=C/C1CC1)c1cn[nH]c1-c1cccc(Cl)c1. The number of nitrogens with zero attached hydrogens (tertiary/aromatic N) is 1. The molecule has 0 spiro atoms. The van der Waals surface area contributed by atoms with Gasteiger partial charge in [0.15, 0.2) is 0 Å². The molecule has 1 amide bonds. The monoisotopic (exact) mass is 301 g/mol. The lowest BCUT2D eigenvalue weighted by Gasteiger charge is -2.04. The number of carbonyl (C=O) groups excluding carboxylic acids is 1. The van der Waals surface area contributed by atoms with E-state index >= 15 is 0 Å². The summed E-state index contributed by atoms with van der Waals surface area (Å²) in [7, 11) is 0. The molecule has 1 aliphatic rings. The first-order chi connectivity index (χ1) is 10.2. The Morgan fingerprint density at radius 3 is 3.10 bits per heavy atom. The van der Waals surface area contributed by atoms with Crippen LogP contribution in [0.25, 0.3) is 11.3 Å². The third-order valence-electron chi connectivity index (χ3n) is 3.41. The second-order valence-electron chi connectivity index (χ2n) is 5.14. The molecule has 1 fully saturated rings. The summed E-state index contributed by atoms with van der Waals surface area (Å²) in [6.45, 7) is 0.537. The number of hydrogen-bond donors (Lipinski definition) is 2. The van der Waals surface area contributed by atoms with Gasteiger partial charge in [-0.3, -0.25) is 9.89 Å². The van der Waals surface area contributed by atoms with Crippen LogP contribution in [0.3, 0.4) is 0 Å². The molecule has 3 rings (SSSR count). The summed E-state index contributed by atoms with van der Waals surface area (Å²) in [6, 6.07) is 7.34. The number of H-pyrrole nitrogens is 1. The maximum Gasteiger partial charge on any atom is 0.255 e. The van der Waals surface area contributed by atoms with Crippen LogP contribution in [0, 0.1) is 5.92 Å². The summed E-state index contributed by atoms with van der Waals surface area (Å²) in [5.74, 6) is 0.581. The van der Waals surface area contributed by atoms with Crippen LogP contribution in [0.1, 0.15) is 23.2 Å². The first kappa shape index (κ1) is 13.9. The van der Waals surface area contributed by atoms with Gasteiger partial charge < -0.3 is 5.32 Å². The Morgan fingerprint density at radius 1 is 1.48 bits per heavy atom. The van der Waals surface area contributed by atoms with Gasteiger partial charge >= 0.3 is 0 Å². The first-order valence-corrected chi connectivity index (χ1v) is 7.36. The lowest BCUT2D eigenvalue weighted by molar-refractivity contribution is 0.0958. The largest absolute Gasteiger partial charge is 0.348 e. The molecule has 21 heavy (non-hydrogen) atoms. The van der Waals surface area contributed by atoms with Gasteiger partial charge in [0, 0.05) is 17.1 Å². The lowest BCUT2D eigenvalue weighted by atomic mass is 10.1. The van der Waals surface area contributed by atoms with Crippen LogP contribution in [0.2, 0.25) is 5.02 Å². The molecule has 0 aliphatic heterocycles. The van der Waals surface area contributed by atoms with Crippen molar-refractivity contribution in [3.05, 3.63) is 53.2 Å². The third kappa shape index (κ3) is 3.52. The predicted molar refractivity (Wildman–Crippen MR) is 83.2 cm³/mol. The van der Waals surface area contributed by atoms with E-state index in [1.165, 1.54) is 19.0 Å². The fourth-order valence-corrected chi connectivity index (χ4v) is 2.31. The number of carbonyl (C=O) groups is 1. The fourth-order valence-electron chi connectivity index (χ4n) is 2.12. The fraction of sp³-hybridized carbons (Fsp3) is 0.250. The van der Waals surface area contributed by atoms with Gasteiger partial charge in [-0.15, -0.1) is 0 Å². The van der Waals surface area contributed by atoms with Crippen LogP contribution in [-0.4, -0.2) is 22.6 Å². The Balaban J connectivity index is 1.70. The van der Waals surface area contributed by atoms with E-state index in [1.54, 1.807) is 12.1 Å². The number of nitrogens with one attached hydrogen (secondary N) is 2. The highest BCUT2D eigenvalue weighted by molar-refractivity contribution is 6.30. The number of amides is 1. The zero-order valence-electron chi connectivity index (χ0n) is 11.5. The minimum absolute atomic E-state index is 0.140. The summed E-state index contributed by atoms with van der Waals surface area (Å²) in [6.07, 6.45) is 8.24. The first-order valence-electron chi connectivity index (χ1n) is 6.98. The van der Waals surface area contributed by atoms with Crippen molar-refractivity contribution in [1.29, 1.82) is 0 Å². The van der Waals surface area contributed by atoms with E-state index in [0.29, 0.717) is 22.8 Å². The van der Waals surface area contributed by atoms with E-state index in [4.69, 9.17) is 11.6 Å². The van der Waals surface area contributed by atoms with Crippen molar-refractivity contribution >= 4 is 17.5 Å². The minimum atomic E-state index is -0.140. The average molecular weight is 302 g/mol. The Hall–Kier alpha value is -2.07. The molecule has 1 heterocycles. The van der Waals surface area contributed by atoms with E-state index in [2.05, 4.69) is 21.6 Å². The number of benzene rings is 1. The molecule has 1 aromatic heterocycles. The Kier molecular flexibility index (Phi) is 4.06. The van der Waals surface area contributed by atoms with Gasteiger partial charge in [-0.05, 0) is 30.9 Å². The quantitative estimate of drug-likeness (QED) is 0.831. The summed E-state index contributed by atoms with van der Waals surface area (Å²) < 4.78 is 0. The van der Waals surface area contributed by atoms with E-state index in [-0.39, 0.29) is 5.91 Å². The van der Waals surface area contributed by atoms with Gasteiger partial charge in [-0.1, -0.05) is 35.9 Å². The number of aromatic nitrogens is 2. The molecule has 1 saturated carbocycles. The summed E-state index contributed by atoms with van der Waals surface area (Å²) in [5, 5.41) is 10.3. The molecule has 0 saturated heterocycles. The van der Waals surface area contributed by atoms with E-state index < -0.39 is 0 Å². The molecule has 2 N–H and O–H groups in total. The van der Waals surface area contributed by atoms with Crippen LogP contribution in [0.15, 0.2) is 42.6 Å². The van der Waals surface area contributed by atoms with E-state index in [9.17, 15) is 4.79 Å². The van der Waals surface area contributed by atoms with Gasteiger partial charge in [0.2, 0.25) is 0 Å². The Bertz CT molecular complexity index is 674. The second-order valence-corrected chi connectivity index (χ2v) is 5.58. The topological polar surface area (TPSA) is 57.8 Å². The third-order valence-corrected chi connectivity index (χ3v) is 3.64. The molecule has 1 aromatic carbocycles. The van der Waals surface area contributed by atoms with Gasteiger partial charge in [0.1, 0.15) is 0 Å². The number of aromatic amines is 1. The maximum absolute atomic E-state index is 12.2. The highest BCUT2D eigenvalue weighted by Crippen LogP contribution is 2.29. The second kappa shape index (κ2) is 6.14. The summed E-state index contributed by atoms with van der Waals surface area (Å²) >= 11 is 5.99. The maximum atomic E-state index is 12.2. The number of hydrogen-bond acceptors (Lipinski definition) is 2.